The Morgan fingerprint density at radius 3 is 2.65 bits per heavy atom. The van der Waals surface area contributed by atoms with Crippen molar-refractivity contribution in [3.63, 3.8) is 0 Å². The Labute approximate surface area is 121 Å². The molecule has 0 saturated carbocycles. The molecule has 4 nitrogen and oxygen atoms in total. The molecule has 0 radical (unpaired) electrons. The number of hydrogen-bond donors (Lipinski definition) is 0. The Bertz CT molecular complexity index is 354. The highest BCUT2D eigenvalue weighted by Gasteiger charge is 2.37. The van der Waals surface area contributed by atoms with E-state index in [1.54, 1.807) is 6.92 Å². The summed E-state index contributed by atoms with van der Waals surface area (Å²) in [6.07, 6.45) is 6.80. The molecule has 0 N–H and O–H groups in total. The van der Waals surface area contributed by atoms with E-state index in [0.29, 0.717) is 25.0 Å². The van der Waals surface area contributed by atoms with Crippen LogP contribution < -0.4 is 0 Å². The van der Waals surface area contributed by atoms with Crippen LogP contribution in [0, 0.1) is 11.8 Å². The van der Waals surface area contributed by atoms with Crippen LogP contribution in [0.2, 0.25) is 0 Å². The summed E-state index contributed by atoms with van der Waals surface area (Å²) in [5.74, 6) is -0.450. The molecule has 3 unspecified atom stereocenters. The van der Waals surface area contributed by atoms with E-state index in [4.69, 9.17) is 4.74 Å². The molecule has 3 atom stereocenters. The highest BCUT2D eigenvalue weighted by molar-refractivity contribution is 5.97. The zero-order valence-corrected chi connectivity index (χ0v) is 12.8. The van der Waals surface area contributed by atoms with E-state index in [0.717, 1.165) is 6.42 Å². The molecule has 2 rings (SSSR count). The average Bonchev–Trinajstić information content (AvgIpc) is 2.44. The molecule has 20 heavy (non-hydrogen) atoms. The van der Waals surface area contributed by atoms with Gasteiger partial charge in [-0.2, -0.15) is 0 Å². The number of carbonyl (C=O) groups excluding carboxylic acids is 2. The van der Waals surface area contributed by atoms with Gasteiger partial charge in [0.2, 0.25) is 0 Å². The third-order valence-corrected chi connectivity index (χ3v) is 4.83. The number of ether oxygens (including phenoxy) is 1. The molecule has 0 bridgehead atoms. The highest BCUT2D eigenvalue weighted by Crippen LogP contribution is 2.35. The van der Waals surface area contributed by atoms with Gasteiger partial charge in [-0.25, -0.2) is 0 Å². The minimum Gasteiger partial charge on any atom is -0.465 e. The Morgan fingerprint density at radius 1 is 1.20 bits per heavy atom. The molecular formula is C16H27NO3. The lowest BCUT2D eigenvalue weighted by atomic mass is 9.78. The summed E-state index contributed by atoms with van der Waals surface area (Å²) >= 11 is 0. The Morgan fingerprint density at radius 2 is 1.95 bits per heavy atom. The molecule has 2 aliphatic rings. The summed E-state index contributed by atoms with van der Waals surface area (Å²) < 4.78 is 5.07. The third kappa shape index (κ3) is 3.60. The SMILES string of the molecule is CCOC(=O)C(CC1CCCN2CCCCC12)C(C)=O. The van der Waals surface area contributed by atoms with Crippen molar-refractivity contribution in [3.8, 4) is 0 Å². The second-order valence-electron chi connectivity index (χ2n) is 6.15. The van der Waals surface area contributed by atoms with Gasteiger partial charge in [0.15, 0.2) is 0 Å². The molecule has 0 amide bonds. The quantitative estimate of drug-likeness (QED) is 0.573. The summed E-state index contributed by atoms with van der Waals surface area (Å²) in [6, 6.07) is 0.578. The molecule has 2 heterocycles. The molecular weight excluding hydrogens is 254 g/mol. The molecule has 2 saturated heterocycles. The van der Waals surface area contributed by atoms with Crippen LogP contribution in [0.5, 0.6) is 0 Å². The lowest BCUT2D eigenvalue weighted by molar-refractivity contribution is -0.152. The molecule has 0 spiro atoms. The minimum absolute atomic E-state index is 0.0450. The van der Waals surface area contributed by atoms with Crippen LogP contribution in [-0.2, 0) is 14.3 Å². The van der Waals surface area contributed by atoms with Crippen molar-refractivity contribution in [2.45, 2.75) is 58.4 Å². The van der Waals surface area contributed by atoms with Crippen molar-refractivity contribution in [1.82, 2.24) is 4.90 Å². The minimum atomic E-state index is -0.554. The molecule has 114 valence electrons. The highest BCUT2D eigenvalue weighted by atomic mass is 16.5. The number of ketones is 1. The molecule has 0 aromatic carbocycles. The Balaban J connectivity index is 2.01. The Kier molecular flexibility index (Phi) is 5.58. The molecule has 0 aromatic rings. The molecule has 2 fully saturated rings. The van der Waals surface area contributed by atoms with Gasteiger partial charge in [-0.15, -0.1) is 0 Å². The Hall–Kier alpha value is -0.900. The first-order chi connectivity index (χ1) is 9.63. The topological polar surface area (TPSA) is 46.6 Å². The predicted octanol–water partition coefficient (Wildman–Crippen LogP) is 2.41. The second-order valence-corrected chi connectivity index (χ2v) is 6.15. The van der Waals surface area contributed by atoms with Crippen molar-refractivity contribution in [1.29, 1.82) is 0 Å². The zero-order chi connectivity index (χ0) is 14.5. The van der Waals surface area contributed by atoms with Crippen molar-refractivity contribution in [2.24, 2.45) is 11.8 Å². The van der Waals surface area contributed by atoms with E-state index in [1.807, 2.05) is 0 Å². The van der Waals surface area contributed by atoms with Gasteiger partial charge in [0, 0.05) is 6.04 Å². The van der Waals surface area contributed by atoms with Crippen molar-refractivity contribution >= 4 is 11.8 Å². The normalized spacial score (nSPS) is 28.5. The molecule has 0 aromatic heterocycles. The van der Waals surface area contributed by atoms with E-state index < -0.39 is 5.92 Å². The number of piperidine rings is 2. The van der Waals surface area contributed by atoms with Crippen LogP contribution in [-0.4, -0.2) is 42.4 Å². The van der Waals surface area contributed by atoms with Gasteiger partial charge < -0.3 is 9.64 Å². The van der Waals surface area contributed by atoms with Gasteiger partial charge in [0.05, 0.1) is 6.61 Å². The summed E-state index contributed by atoms with van der Waals surface area (Å²) in [5.41, 5.74) is 0. The lowest BCUT2D eigenvalue weighted by Gasteiger charge is -2.45. The van der Waals surface area contributed by atoms with Gasteiger partial charge >= 0.3 is 5.97 Å². The number of nitrogens with zero attached hydrogens (tertiary/aromatic N) is 1. The number of esters is 1. The first-order valence-electron chi connectivity index (χ1n) is 8.04. The average molecular weight is 281 g/mol. The largest absolute Gasteiger partial charge is 0.465 e. The van der Waals surface area contributed by atoms with Crippen LogP contribution in [0.1, 0.15) is 52.4 Å². The standard InChI is InChI=1S/C16H27NO3/c1-3-20-16(19)14(12(2)18)11-13-7-6-10-17-9-5-4-8-15(13)17/h13-15H,3-11H2,1-2H3. The maximum absolute atomic E-state index is 12.0. The van der Waals surface area contributed by atoms with E-state index in [-0.39, 0.29) is 11.8 Å². The number of rotatable bonds is 5. The lowest BCUT2D eigenvalue weighted by Crippen LogP contribution is -2.49. The van der Waals surface area contributed by atoms with Gasteiger partial charge in [0.25, 0.3) is 0 Å². The van der Waals surface area contributed by atoms with Crippen LogP contribution >= 0.6 is 0 Å². The van der Waals surface area contributed by atoms with Crippen LogP contribution in [0.3, 0.4) is 0 Å². The molecule has 0 aliphatic carbocycles. The van der Waals surface area contributed by atoms with Crippen molar-refractivity contribution < 1.29 is 14.3 Å². The van der Waals surface area contributed by atoms with Gasteiger partial charge in [0.1, 0.15) is 11.7 Å². The second kappa shape index (κ2) is 7.21. The third-order valence-electron chi connectivity index (χ3n) is 4.83. The summed E-state index contributed by atoms with van der Waals surface area (Å²) in [7, 11) is 0. The van der Waals surface area contributed by atoms with E-state index >= 15 is 0 Å². The van der Waals surface area contributed by atoms with Gasteiger partial charge in [-0.1, -0.05) is 6.42 Å². The van der Waals surface area contributed by atoms with Gasteiger partial charge in [-0.05, 0) is 65.0 Å². The van der Waals surface area contributed by atoms with E-state index in [2.05, 4.69) is 4.90 Å². The van der Waals surface area contributed by atoms with Crippen LogP contribution in [0.15, 0.2) is 0 Å². The number of Topliss-reactive ketones (excluding diaryl/α,β-unsaturated/α-hetero) is 1. The number of fused-ring (bicyclic) bond motifs is 1. The smallest absolute Gasteiger partial charge is 0.316 e. The van der Waals surface area contributed by atoms with Gasteiger partial charge in [-0.3, -0.25) is 9.59 Å². The van der Waals surface area contributed by atoms with Crippen molar-refractivity contribution in [2.75, 3.05) is 19.7 Å². The maximum Gasteiger partial charge on any atom is 0.316 e. The number of hydrogen-bond acceptors (Lipinski definition) is 4. The fourth-order valence-corrected chi connectivity index (χ4v) is 3.83. The first-order valence-corrected chi connectivity index (χ1v) is 8.04. The fraction of sp³-hybridized carbons (Fsp3) is 0.875. The van der Waals surface area contributed by atoms with Crippen LogP contribution in [0.25, 0.3) is 0 Å². The van der Waals surface area contributed by atoms with E-state index in [1.165, 1.54) is 45.7 Å². The summed E-state index contributed by atoms with van der Waals surface area (Å²) in [5, 5.41) is 0. The number of carbonyl (C=O) groups is 2. The summed E-state index contributed by atoms with van der Waals surface area (Å²) in [6.45, 7) is 6.03. The fourth-order valence-electron chi connectivity index (χ4n) is 3.83. The predicted molar refractivity (Wildman–Crippen MR) is 77.4 cm³/mol. The first kappa shape index (κ1) is 15.5. The zero-order valence-electron chi connectivity index (χ0n) is 12.8. The van der Waals surface area contributed by atoms with Crippen LogP contribution in [0.4, 0.5) is 0 Å². The molecule has 2 aliphatic heterocycles. The van der Waals surface area contributed by atoms with E-state index in [9.17, 15) is 9.59 Å². The summed E-state index contributed by atoms with van der Waals surface area (Å²) in [4.78, 5) is 26.3. The monoisotopic (exact) mass is 281 g/mol. The maximum atomic E-state index is 12.0. The van der Waals surface area contributed by atoms with Crippen molar-refractivity contribution in [3.05, 3.63) is 0 Å². The molecule has 4 heteroatoms.